The average molecular weight is 510 g/mol. The number of urea groups is 1. The van der Waals surface area contributed by atoms with Crippen LogP contribution in [0.15, 0.2) is 76.1 Å². The lowest BCUT2D eigenvalue weighted by atomic mass is 10.1. The molecular formula is C25H21Cl2N5O3. The molecule has 0 atom stereocenters. The minimum atomic E-state index is -0.356. The van der Waals surface area contributed by atoms with Crippen molar-refractivity contribution in [1.82, 2.24) is 14.5 Å². The third-order valence-electron chi connectivity index (χ3n) is 5.70. The summed E-state index contributed by atoms with van der Waals surface area (Å²) in [5, 5.41) is 6.83. The predicted molar refractivity (Wildman–Crippen MR) is 135 cm³/mol. The maximum Gasteiger partial charge on any atom is 0.322 e. The normalized spacial score (nSPS) is 12.8. The molecule has 2 N–H and O–H groups in total. The van der Waals surface area contributed by atoms with Gasteiger partial charge in [0.2, 0.25) is 5.95 Å². The van der Waals surface area contributed by atoms with Crippen molar-refractivity contribution in [2.75, 3.05) is 17.2 Å². The van der Waals surface area contributed by atoms with E-state index in [1.54, 1.807) is 35.4 Å². The van der Waals surface area contributed by atoms with Crippen LogP contribution in [0.2, 0.25) is 10.0 Å². The zero-order valence-electron chi connectivity index (χ0n) is 18.5. The van der Waals surface area contributed by atoms with Gasteiger partial charge in [0.1, 0.15) is 5.76 Å². The molecule has 10 heteroatoms. The Morgan fingerprint density at radius 1 is 1.09 bits per heavy atom. The Morgan fingerprint density at radius 3 is 2.66 bits per heavy atom. The highest BCUT2D eigenvalue weighted by atomic mass is 35.5. The van der Waals surface area contributed by atoms with E-state index in [4.69, 9.17) is 32.6 Å². The lowest BCUT2D eigenvalue weighted by molar-refractivity contribution is 0.205. The molecule has 0 bridgehead atoms. The van der Waals surface area contributed by atoms with Crippen LogP contribution in [0.25, 0.3) is 5.69 Å². The summed E-state index contributed by atoms with van der Waals surface area (Å²) in [6.45, 7) is 0.911. The number of benzene rings is 2. The molecule has 1 aliphatic heterocycles. The van der Waals surface area contributed by atoms with Gasteiger partial charge < -0.3 is 20.0 Å². The number of aromatic nitrogens is 2. The van der Waals surface area contributed by atoms with Crippen molar-refractivity contribution in [3.63, 3.8) is 0 Å². The Labute approximate surface area is 211 Å². The molecule has 3 heterocycles. The van der Waals surface area contributed by atoms with Gasteiger partial charge >= 0.3 is 6.03 Å². The van der Waals surface area contributed by atoms with Crippen LogP contribution in [0.5, 0.6) is 0 Å². The zero-order chi connectivity index (χ0) is 24.4. The largest absolute Gasteiger partial charge is 0.467 e. The standard InChI is InChI=1S/C25H21Cl2N5O3/c26-16-8-9-22(20(27)13-16)30-25(34)31-11-10-21-19(15-31)23(33)32(17-5-2-1-3-6-17)24(29-21)28-14-18-7-4-12-35-18/h1-9,12-13H,10-11,14-15H2,(H,28,29)(H,30,34). The van der Waals surface area contributed by atoms with E-state index in [9.17, 15) is 9.59 Å². The van der Waals surface area contributed by atoms with Gasteiger partial charge in [-0.05, 0) is 42.5 Å². The number of hydrogen-bond acceptors (Lipinski definition) is 5. The third kappa shape index (κ3) is 4.89. The van der Waals surface area contributed by atoms with E-state index in [-0.39, 0.29) is 18.1 Å². The summed E-state index contributed by atoms with van der Waals surface area (Å²) >= 11 is 12.1. The highest BCUT2D eigenvalue weighted by molar-refractivity contribution is 6.36. The molecular weight excluding hydrogens is 489 g/mol. The first-order chi connectivity index (χ1) is 17.0. The Morgan fingerprint density at radius 2 is 1.91 bits per heavy atom. The molecule has 0 aliphatic carbocycles. The van der Waals surface area contributed by atoms with Crippen LogP contribution < -0.4 is 16.2 Å². The number of amides is 2. The minimum absolute atomic E-state index is 0.128. The summed E-state index contributed by atoms with van der Waals surface area (Å²) in [6.07, 6.45) is 2.04. The van der Waals surface area contributed by atoms with Gasteiger partial charge in [-0.1, -0.05) is 41.4 Å². The van der Waals surface area contributed by atoms with Gasteiger partial charge in [-0.3, -0.25) is 4.79 Å². The molecule has 0 saturated heterocycles. The molecule has 0 spiro atoms. The summed E-state index contributed by atoms with van der Waals surface area (Å²) in [5.74, 6) is 1.14. The molecule has 2 aromatic heterocycles. The molecule has 178 valence electrons. The number of rotatable bonds is 5. The summed E-state index contributed by atoms with van der Waals surface area (Å²) in [5.41, 5.74) is 2.03. The molecule has 0 unspecified atom stereocenters. The van der Waals surface area contributed by atoms with Gasteiger partial charge in [-0.2, -0.15) is 0 Å². The van der Waals surface area contributed by atoms with Crippen molar-refractivity contribution in [3.05, 3.63) is 104 Å². The number of furan rings is 1. The van der Waals surface area contributed by atoms with Crippen LogP contribution in [0.4, 0.5) is 16.4 Å². The minimum Gasteiger partial charge on any atom is -0.467 e. The quantitative estimate of drug-likeness (QED) is 0.379. The van der Waals surface area contributed by atoms with Gasteiger partial charge in [-0.15, -0.1) is 0 Å². The van der Waals surface area contributed by atoms with Crippen LogP contribution in [0, 0.1) is 0 Å². The Kier molecular flexibility index (Phi) is 6.48. The van der Waals surface area contributed by atoms with Gasteiger partial charge in [0.05, 0.1) is 47.0 Å². The first-order valence-electron chi connectivity index (χ1n) is 11.0. The number of nitrogens with zero attached hydrogens (tertiary/aromatic N) is 3. The second-order valence-electron chi connectivity index (χ2n) is 8.00. The van der Waals surface area contributed by atoms with Gasteiger partial charge in [-0.25, -0.2) is 14.3 Å². The number of nitrogens with one attached hydrogen (secondary N) is 2. The number of hydrogen-bond donors (Lipinski definition) is 2. The first kappa shape index (κ1) is 23.0. The second kappa shape index (κ2) is 9.85. The van der Waals surface area contributed by atoms with E-state index in [2.05, 4.69) is 10.6 Å². The van der Waals surface area contributed by atoms with Gasteiger partial charge in [0.15, 0.2) is 0 Å². The van der Waals surface area contributed by atoms with E-state index < -0.39 is 0 Å². The summed E-state index contributed by atoms with van der Waals surface area (Å²) in [7, 11) is 0. The smallest absolute Gasteiger partial charge is 0.322 e. The van der Waals surface area contributed by atoms with Crippen molar-refractivity contribution >= 4 is 40.9 Å². The highest BCUT2D eigenvalue weighted by Gasteiger charge is 2.27. The van der Waals surface area contributed by atoms with Crippen LogP contribution in [0.1, 0.15) is 17.0 Å². The fourth-order valence-electron chi connectivity index (χ4n) is 3.95. The van der Waals surface area contributed by atoms with E-state index in [0.29, 0.717) is 58.1 Å². The van der Waals surface area contributed by atoms with Crippen molar-refractivity contribution in [2.24, 2.45) is 0 Å². The number of carbonyl (C=O) groups excluding carboxylic acids is 1. The molecule has 0 saturated carbocycles. The van der Waals surface area contributed by atoms with Crippen LogP contribution in [-0.2, 0) is 19.5 Å². The molecule has 8 nitrogen and oxygen atoms in total. The summed E-state index contributed by atoms with van der Waals surface area (Å²) in [6, 6.07) is 17.4. The highest BCUT2D eigenvalue weighted by Crippen LogP contribution is 2.26. The van der Waals surface area contributed by atoms with Crippen LogP contribution in [-0.4, -0.2) is 27.0 Å². The zero-order valence-corrected chi connectivity index (χ0v) is 20.0. The molecule has 5 rings (SSSR count). The van der Waals surface area contributed by atoms with Crippen molar-refractivity contribution < 1.29 is 9.21 Å². The lowest BCUT2D eigenvalue weighted by Gasteiger charge is -2.29. The van der Waals surface area contributed by atoms with E-state index in [1.165, 1.54) is 4.57 Å². The van der Waals surface area contributed by atoms with Crippen molar-refractivity contribution in [1.29, 1.82) is 0 Å². The number of halogens is 2. The Hall–Kier alpha value is -3.75. The van der Waals surface area contributed by atoms with Crippen molar-refractivity contribution in [3.8, 4) is 5.69 Å². The number of carbonyl (C=O) groups is 1. The number of para-hydroxylation sites is 1. The number of anilines is 2. The first-order valence-corrected chi connectivity index (χ1v) is 11.7. The molecule has 0 radical (unpaired) electrons. The second-order valence-corrected chi connectivity index (χ2v) is 8.84. The maximum atomic E-state index is 13.7. The molecule has 35 heavy (non-hydrogen) atoms. The van der Waals surface area contributed by atoms with Crippen molar-refractivity contribution in [2.45, 2.75) is 19.5 Å². The van der Waals surface area contributed by atoms with E-state index >= 15 is 0 Å². The van der Waals surface area contributed by atoms with Crippen LogP contribution in [0.3, 0.4) is 0 Å². The van der Waals surface area contributed by atoms with Crippen LogP contribution >= 0.6 is 23.2 Å². The number of fused-ring (bicyclic) bond motifs is 1. The van der Waals surface area contributed by atoms with E-state index in [1.807, 2.05) is 36.4 Å². The van der Waals surface area contributed by atoms with Gasteiger partial charge in [0.25, 0.3) is 5.56 Å². The summed E-state index contributed by atoms with van der Waals surface area (Å²) in [4.78, 5) is 33.0. The molecule has 4 aromatic rings. The fourth-order valence-corrected chi connectivity index (χ4v) is 4.41. The molecule has 2 aromatic carbocycles. The topological polar surface area (TPSA) is 92.4 Å². The van der Waals surface area contributed by atoms with Gasteiger partial charge in [0, 0.05) is 18.0 Å². The molecule has 0 fully saturated rings. The Balaban J connectivity index is 1.45. The predicted octanol–water partition coefficient (Wildman–Crippen LogP) is 5.33. The lowest BCUT2D eigenvalue weighted by Crippen LogP contribution is -2.43. The third-order valence-corrected chi connectivity index (χ3v) is 6.25. The SMILES string of the molecule is O=C(Nc1ccc(Cl)cc1Cl)N1CCc2nc(NCc3ccco3)n(-c3ccccc3)c(=O)c2C1. The fraction of sp³-hybridized carbons (Fsp3) is 0.160. The Bertz CT molecular complexity index is 1420. The molecule has 2 amide bonds. The maximum absolute atomic E-state index is 13.7. The molecule has 1 aliphatic rings. The summed E-state index contributed by atoms with van der Waals surface area (Å²) < 4.78 is 6.93. The monoisotopic (exact) mass is 509 g/mol. The average Bonchev–Trinajstić information content (AvgIpc) is 3.38. The van der Waals surface area contributed by atoms with E-state index in [0.717, 1.165) is 5.76 Å².